The van der Waals surface area contributed by atoms with Crippen molar-refractivity contribution in [3.05, 3.63) is 12.7 Å². The molecule has 0 N–H and O–H groups in total. The molecule has 1 aliphatic heterocycles. The first-order chi connectivity index (χ1) is 6.13. The average molecular weight is 184 g/mol. The van der Waals surface area contributed by atoms with Crippen LogP contribution in [-0.2, 0) is 9.63 Å². The Balaban J connectivity index is 2.84. The van der Waals surface area contributed by atoms with Crippen molar-refractivity contribution in [1.29, 1.82) is 0 Å². The second-order valence-corrected chi connectivity index (χ2v) is 2.71. The van der Waals surface area contributed by atoms with Crippen LogP contribution >= 0.6 is 0 Å². The van der Waals surface area contributed by atoms with E-state index in [-0.39, 0.29) is 5.91 Å². The summed E-state index contributed by atoms with van der Waals surface area (Å²) in [7, 11) is 1.29. The first kappa shape index (κ1) is 9.73. The molecule has 5 heteroatoms. The minimum Gasteiger partial charge on any atom is -0.307 e. The molecule has 1 rings (SSSR count). The van der Waals surface area contributed by atoms with E-state index >= 15 is 0 Å². The van der Waals surface area contributed by atoms with Crippen LogP contribution in [0.25, 0.3) is 0 Å². The van der Waals surface area contributed by atoms with E-state index in [1.165, 1.54) is 12.0 Å². The monoisotopic (exact) mass is 184 g/mol. The molecule has 0 saturated carbocycles. The molecule has 0 spiro atoms. The molecule has 5 nitrogen and oxygen atoms in total. The van der Waals surface area contributed by atoms with E-state index in [1.54, 1.807) is 13.0 Å². The zero-order chi connectivity index (χ0) is 10.0. The summed E-state index contributed by atoms with van der Waals surface area (Å²) in [5.41, 5.74) is 0. The standard InChI is InChI=1S/C8H12N2O3/c1-4-5-9-6(2)7(11)10(13-3)8(9)12/h4,6H,1,5H2,2-3H3. The van der Waals surface area contributed by atoms with E-state index in [0.29, 0.717) is 6.54 Å². The van der Waals surface area contributed by atoms with Crippen LogP contribution in [0.1, 0.15) is 6.92 Å². The third-order valence-electron chi connectivity index (χ3n) is 1.95. The van der Waals surface area contributed by atoms with Crippen LogP contribution < -0.4 is 0 Å². The number of hydrogen-bond acceptors (Lipinski definition) is 3. The van der Waals surface area contributed by atoms with Gasteiger partial charge in [-0.05, 0) is 6.92 Å². The number of carbonyl (C=O) groups is 2. The topological polar surface area (TPSA) is 49.9 Å². The van der Waals surface area contributed by atoms with E-state index in [2.05, 4.69) is 11.4 Å². The van der Waals surface area contributed by atoms with Gasteiger partial charge in [-0.3, -0.25) is 9.63 Å². The van der Waals surface area contributed by atoms with Gasteiger partial charge in [0.25, 0.3) is 5.91 Å². The summed E-state index contributed by atoms with van der Waals surface area (Å²) in [6.45, 7) is 5.51. The van der Waals surface area contributed by atoms with E-state index in [1.807, 2.05) is 0 Å². The third-order valence-corrected chi connectivity index (χ3v) is 1.95. The molecule has 0 aliphatic carbocycles. The molecular formula is C8H12N2O3. The van der Waals surface area contributed by atoms with Gasteiger partial charge < -0.3 is 4.90 Å². The van der Waals surface area contributed by atoms with Gasteiger partial charge in [0, 0.05) is 6.54 Å². The predicted octanol–water partition coefficient (Wildman–Crippen LogP) is 0.386. The van der Waals surface area contributed by atoms with Crippen LogP contribution in [0.15, 0.2) is 12.7 Å². The molecule has 0 radical (unpaired) electrons. The van der Waals surface area contributed by atoms with Crippen molar-refractivity contribution >= 4 is 11.9 Å². The van der Waals surface area contributed by atoms with Gasteiger partial charge in [-0.15, -0.1) is 11.6 Å². The number of rotatable bonds is 3. The highest BCUT2D eigenvalue weighted by Crippen LogP contribution is 2.16. The number of nitrogens with zero attached hydrogens (tertiary/aromatic N) is 2. The van der Waals surface area contributed by atoms with Crippen molar-refractivity contribution in [3.8, 4) is 0 Å². The van der Waals surface area contributed by atoms with Gasteiger partial charge in [0.05, 0.1) is 7.11 Å². The Morgan fingerprint density at radius 2 is 2.23 bits per heavy atom. The SMILES string of the molecule is C=CCN1C(=O)N(OC)C(=O)C1C. The second-order valence-electron chi connectivity index (χ2n) is 2.71. The molecule has 1 heterocycles. The molecule has 0 bridgehead atoms. The van der Waals surface area contributed by atoms with Gasteiger partial charge in [0.15, 0.2) is 0 Å². The maximum atomic E-state index is 11.4. The van der Waals surface area contributed by atoms with Crippen LogP contribution in [-0.4, -0.2) is 41.6 Å². The molecule has 13 heavy (non-hydrogen) atoms. The van der Waals surface area contributed by atoms with E-state index in [0.717, 1.165) is 5.06 Å². The molecular weight excluding hydrogens is 172 g/mol. The zero-order valence-electron chi connectivity index (χ0n) is 7.69. The van der Waals surface area contributed by atoms with Crippen molar-refractivity contribution < 1.29 is 14.4 Å². The highest BCUT2D eigenvalue weighted by Gasteiger charge is 2.42. The number of hydroxylamine groups is 2. The molecule has 1 saturated heterocycles. The third kappa shape index (κ3) is 1.42. The molecule has 0 aromatic heterocycles. The quantitative estimate of drug-likeness (QED) is 0.471. The molecule has 3 amide bonds. The molecule has 1 unspecified atom stereocenters. The fourth-order valence-electron chi connectivity index (χ4n) is 1.22. The highest BCUT2D eigenvalue weighted by molar-refractivity contribution is 6.02. The van der Waals surface area contributed by atoms with Crippen LogP contribution in [0.2, 0.25) is 0 Å². The second kappa shape index (κ2) is 3.57. The lowest BCUT2D eigenvalue weighted by molar-refractivity contribution is -0.155. The molecule has 0 aromatic rings. The summed E-state index contributed by atoms with van der Waals surface area (Å²) in [5, 5.41) is 0.758. The Labute approximate surface area is 76.5 Å². The number of amides is 3. The van der Waals surface area contributed by atoms with E-state index in [9.17, 15) is 9.59 Å². The predicted molar refractivity (Wildman–Crippen MR) is 45.6 cm³/mol. The Morgan fingerprint density at radius 1 is 1.62 bits per heavy atom. The average Bonchev–Trinajstić information content (AvgIpc) is 2.31. The lowest BCUT2D eigenvalue weighted by Gasteiger charge is -2.15. The Kier molecular flexibility index (Phi) is 2.67. The van der Waals surface area contributed by atoms with Crippen LogP contribution in [0.3, 0.4) is 0 Å². The highest BCUT2D eigenvalue weighted by atomic mass is 16.7. The normalized spacial score (nSPS) is 22.8. The van der Waals surface area contributed by atoms with Crippen molar-refractivity contribution in [1.82, 2.24) is 9.96 Å². The van der Waals surface area contributed by atoms with Crippen molar-refractivity contribution in [3.63, 3.8) is 0 Å². The fraction of sp³-hybridized carbons (Fsp3) is 0.500. The molecule has 1 atom stereocenters. The summed E-state index contributed by atoms with van der Waals surface area (Å²) >= 11 is 0. The van der Waals surface area contributed by atoms with Crippen molar-refractivity contribution in [2.45, 2.75) is 13.0 Å². The minimum absolute atomic E-state index is 0.339. The van der Waals surface area contributed by atoms with Gasteiger partial charge in [0.1, 0.15) is 6.04 Å². The lowest BCUT2D eigenvalue weighted by Crippen LogP contribution is -2.33. The summed E-state index contributed by atoms with van der Waals surface area (Å²) in [5.74, 6) is -0.339. The van der Waals surface area contributed by atoms with Crippen LogP contribution in [0.5, 0.6) is 0 Å². The van der Waals surface area contributed by atoms with Gasteiger partial charge in [-0.1, -0.05) is 6.08 Å². The summed E-state index contributed by atoms with van der Waals surface area (Å²) in [6, 6.07) is -0.898. The fourth-order valence-corrected chi connectivity index (χ4v) is 1.22. The Morgan fingerprint density at radius 3 is 2.62 bits per heavy atom. The van der Waals surface area contributed by atoms with Gasteiger partial charge in [0.2, 0.25) is 0 Å². The summed E-state index contributed by atoms with van der Waals surface area (Å²) < 4.78 is 0. The number of imide groups is 1. The van der Waals surface area contributed by atoms with E-state index in [4.69, 9.17) is 0 Å². The first-order valence-electron chi connectivity index (χ1n) is 3.93. The van der Waals surface area contributed by atoms with Gasteiger partial charge >= 0.3 is 6.03 Å². The molecule has 1 aliphatic rings. The maximum Gasteiger partial charge on any atom is 0.352 e. The zero-order valence-corrected chi connectivity index (χ0v) is 7.69. The van der Waals surface area contributed by atoms with Crippen molar-refractivity contribution in [2.75, 3.05) is 13.7 Å². The van der Waals surface area contributed by atoms with Crippen molar-refractivity contribution in [2.24, 2.45) is 0 Å². The largest absolute Gasteiger partial charge is 0.352 e. The van der Waals surface area contributed by atoms with Crippen LogP contribution in [0.4, 0.5) is 4.79 Å². The number of hydrogen-bond donors (Lipinski definition) is 0. The molecule has 72 valence electrons. The summed E-state index contributed by atoms with van der Waals surface area (Å²) in [6.07, 6.45) is 1.57. The smallest absolute Gasteiger partial charge is 0.307 e. The first-order valence-corrected chi connectivity index (χ1v) is 3.93. The van der Waals surface area contributed by atoms with Crippen LogP contribution in [0, 0.1) is 0 Å². The minimum atomic E-state index is -0.467. The lowest BCUT2D eigenvalue weighted by atomic mass is 10.3. The Hall–Kier alpha value is -1.36. The summed E-state index contributed by atoms with van der Waals surface area (Å²) in [4.78, 5) is 28.8. The molecule has 1 fully saturated rings. The van der Waals surface area contributed by atoms with Gasteiger partial charge in [-0.25, -0.2) is 4.79 Å². The number of urea groups is 1. The number of carbonyl (C=O) groups excluding carboxylic acids is 2. The Bertz CT molecular complexity index is 252. The van der Waals surface area contributed by atoms with Gasteiger partial charge in [-0.2, -0.15) is 0 Å². The van der Waals surface area contributed by atoms with E-state index < -0.39 is 12.1 Å². The molecule has 0 aromatic carbocycles. The maximum absolute atomic E-state index is 11.4.